The molecule has 2 aromatic rings. The zero-order valence-electron chi connectivity index (χ0n) is 21.0. The Morgan fingerprint density at radius 1 is 0.971 bits per heavy atom. The van der Waals surface area contributed by atoms with E-state index in [4.69, 9.17) is 0 Å². The average molecular weight is 494 g/mol. The summed E-state index contributed by atoms with van der Waals surface area (Å²) in [4.78, 5) is 3.15. The monoisotopic (exact) mass is 493 g/mol. The number of benzene rings is 2. The van der Waals surface area contributed by atoms with Crippen molar-refractivity contribution in [3.05, 3.63) is 36.4 Å². The predicted molar refractivity (Wildman–Crippen MR) is 141 cm³/mol. The summed E-state index contributed by atoms with van der Waals surface area (Å²) < 4.78 is 28.5. The van der Waals surface area contributed by atoms with Crippen LogP contribution in [0.3, 0.4) is 0 Å². The SMILES string of the molecule is CNC(CN1CCC(CN2c3cccc4cccc(c34)S2(=O)=O)CC1)C12CC3CC(CC(C3)C1)C2. The summed E-state index contributed by atoms with van der Waals surface area (Å²) in [6, 6.07) is 12.2. The van der Waals surface area contributed by atoms with Gasteiger partial charge < -0.3 is 10.2 Å². The Labute approximate surface area is 210 Å². The van der Waals surface area contributed by atoms with Gasteiger partial charge in [-0.1, -0.05) is 24.3 Å². The van der Waals surface area contributed by atoms with Gasteiger partial charge in [0.2, 0.25) is 0 Å². The van der Waals surface area contributed by atoms with E-state index < -0.39 is 10.0 Å². The van der Waals surface area contributed by atoms with Gasteiger partial charge in [0.1, 0.15) is 0 Å². The molecule has 5 fully saturated rings. The Hall–Kier alpha value is -1.63. The number of piperidine rings is 1. The summed E-state index contributed by atoms with van der Waals surface area (Å²) in [7, 11) is -1.26. The third-order valence-electron chi connectivity index (χ3n) is 10.4. The van der Waals surface area contributed by atoms with Crippen molar-refractivity contribution in [1.82, 2.24) is 10.2 Å². The molecule has 0 aromatic heterocycles. The van der Waals surface area contributed by atoms with Crippen molar-refractivity contribution in [3.8, 4) is 0 Å². The molecule has 4 saturated carbocycles. The van der Waals surface area contributed by atoms with Crippen molar-refractivity contribution >= 4 is 26.5 Å². The summed E-state index contributed by atoms with van der Waals surface area (Å²) in [6.07, 6.45) is 11.0. The molecule has 4 aliphatic carbocycles. The number of likely N-dealkylation sites (N-methyl/N-ethyl adjacent to an activating group) is 1. The van der Waals surface area contributed by atoms with Gasteiger partial charge in [-0.15, -0.1) is 0 Å². The lowest BCUT2D eigenvalue weighted by Crippen LogP contribution is -2.59. The molecule has 1 N–H and O–H groups in total. The third-order valence-corrected chi connectivity index (χ3v) is 12.2. The maximum absolute atomic E-state index is 13.4. The molecule has 2 aromatic carbocycles. The van der Waals surface area contributed by atoms with Crippen molar-refractivity contribution in [3.63, 3.8) is 0 Å². The van der Waals surface area contributed by atoms with E-state index in [2.05, 4.69) is 17.3 Å². The first-order valence-electron chi connectivity index (χ1n) is 13.9. The molecule has 1 unspecified atom stereocenters. The fourth-order valence-electron chi connectivity index (χ4n) is 9.19. The van der Waals surface area contributed by atoms with Gasteiger partial charge >= 0.3 is 0 Å². The third kappa shape index (κ3) is 3.58. The Balaban J connectivity index is 1.02. The lowest BCUT2D eigenvalue weighted by molar-refractivity contribution is -0.0785. The van der Waals surface area contributed by atoms with Crippen LogP contribution in [0.5, 0.6) is 0 Å². The van der Waals surface area contributed by atoms with Crippen LogP contribution in [0.15, 0.2) is 41.3 Å². The van der Waals surface area contributed by atoms with Gasteiger partial charge in [0.05, 0.1) is 10.6 Å². The van der Waals surface area contributed by atoms with E-state index >= 15 is 0 Å². The van der Waals surface area contributed by atoms with E-state index in [1.165, 1.54) is 38.5 Å². The number of nitrogens with zero attached hydrogens (tertiary/aromatic N) is 2. The lowest BCUT2D eigenvalue weighted by atomic mass is 9.47. The highest BCUT2D eigenvalue weighted by Crippen LogP contribution is 2.61. The van der Waals surface area contributed by atoms with E-state index in [9.17, 15) is 8.42 Å². The lowest BCUT2D eigenvalue weighted by Gasteiger charge is -2.60. The van der Waals surface area contributed by atoms with Crippen LogP contribution in [-0.4, -0.2) is 52.6 Å². The minimum Gasteiger partial charge on any atom is -0.315 e. The van der Waals surface area contributed by atoms with Crippen LogP contribution in [-0.2, 0) is 10.0 Å². The van der Waals surface area contributed by atoms with Crippen LogP contribution in [0.4, 0.5) is 5.69 Å². The molecule has 1 saturated heterocycles. The first-order chi connectivity index (χ1) is 16.9. The maximum Gasteiger partial charge on any atom is 0.265 e. The van der Waals surface area contributed by atoms with Crippen LogP contribution in [0.1, 0.15) is 51.4 Å². The maximum atomic E-state index is 13.4. The molecule has 0 radical (unpaired) electrons. The van der Waals surface area contributed by atoms with Crippen molar-refractivity contribution in [2.45, 2.75) is 62.3 Å². The molecule has 35 heavy (non-hydrogen) atoms. The Morgan fingerprint density at radius 2 is 1.60 bits per heavy atom. The Bertz CT molecular complexity index is 1190. The summed E-state index contributed by atoms with van der Waals surface area (Å²) in [5, 5.41) is 5.70. The molecule has 1 atom stereocenters. The van der Waals surface area contributed by atoms with E-state index in [0.29, 0.717) is 28.8 Å². The number of sulfonamides is 1. The summed E-state index contributed by atoms with van der Waals surface area (Å²) in [5.41, 5.74) is 1.40. The second-order valence-electron chi connectivity index (χ2n) is 12.5. The fraction of sp³-hybridized carbons (Fsp3) is 0.655. The summed E-state index contributed by atoms with van der Waals surface area (Å²) >= 11 is 0. The van der Waals surface area contributed by atoms with Gasteiger partial charge in [0.25, 0.3) is 10.0 Å². The van der Waals surface area contributed by atoms with Crippen LogP contribution in [0, 0.1) is 29.1 Å². The van der Waals surface area contributed by atoms with Crippen molar-refractivity contribution < 1.29 is 8.42 Å². The summed E-state index contributed by atoms with van der Waals surface area (Å²) in [5.74, 6) is 3.37. The minimum absolute atomic E-state index is 0.415. The highest BCUT2D eigenvalue weighted by Gasteiger charge is 2.54. The molecule has 6 heteroatoms. The van der Waals surface area contributed by atoms with Gasteiger partial charge in [-0.3, -0.25) is 4.31 Å². The molecule has 0 amide bonds. The average Bonchev–Trinajstić information content (AvgIpc) is 3.06. The van der Waals surface area contributed by atoms with Gasteiger partial charge in [0, 0.05) is 24.5 Å². The van der Waals surface area contributed by atoms with Crippen molar-refractivity contribution in [1.29, 1.82) is 0 Å². The van der Waals surface area contributed by atoms with E-state index in [0.717, 1.165) is 66.7 Å². The molecular weight excluding hydrogens is 454 g/mol. The molecule has 2 heterocycles. The molecular formula is C29H39N3O2S. The Morgan fingerprint density at radius 3 is 2.23 bits per heavy atom. The topological polar surface area (TPSA) is 52.6 Å². The van der Waals surface area contributed by atoms with E-state index in [1.807, 2.05) is 30.3 Å². The second kappa shape index (κ2) is 8.19. The number of nitrogens with one attached hydrogen (secondary N) is 1. The van der Waals surface area contributed by atoms with Gasteiger partial charge in [-0.2, -0.15) is 0 Å². The van der Waals surface area contributed by atoms with E-state index in [1.54, 1.807) is 10.4 Å². The van der Waals surface area contributed by atoms with Crippen LogP contribution in [0.2, 0.25) is 0 Å². The number of hydrogen-bond acceptors (Lipinski definition) is 4. The number of hydrogen-bond donors (Lipinski definition) is 1. The number of likely N-dealkylation sites (tertiary alicyclic amines) is 1. The van der Waals surface area contributed by atoms with Gasteiger partial charge in [-0.25, -0.2) is 8.42 Å². The Kier molecular flexibility index (Phi) is 5.28. The molecule has 188 valence electrons. The quantitative estimate of drug-likeness (QED) is 0.624. The smallest absolute Gasteiger partial charge is 0.265 e. The predicted octanol–water partition coefficient (Wildman–Crippen LogP) is 4.86. The van der Waals surface area contributed by atoms with Crippen molar-refractivity contribution in [2.75, 3.05) is 37.5 Å². The molecule has 8 rings (SSSR count). The van der Waals surface area contributed by atoms with Crippen molar-refractivity contribution in [2.24, 2.45) is 29.1 Å². The van der Waals surface area contributed by atoms with Gasteiger partial charge in [-0.05, 0) is 118 Å². The zero-order chi connectivity index (χ0) is 23.8. The van der Waals surface area contributed by atoms with Crippen LogP contribution < -0.4 is 9.62 Å². The molecule has 6 aliphatic rings. The molecule has 0 spiro atoms. The highest BCUT2D eigenvalue weighted by atomic mass is 32.2. The first-order valence-corrected chi connectivity index (χ1v) is 15.3. The normalized spacial score (nSPS) is 34.7. The highest BCUT2D eigenvalue weighted by molar-refractivity contribution is 7.93. The number of anilines is 1. The molecule has 5 nitrogen and oxygen atoms in total. The zero-order valence-corrected chi connectivity index (χ0v) is 21.8. The second-order valence-corrected chi connectivity index (χ2v) is 14.4. The first kappa shape index (κ1) is 22.6. The summed E-state index contributed by atoms with van der Waals surface area (Å²) in [6.45, 7) is 3.93. The van der Waals surface area contributed by atoms with Crippen LogP contribution >= 0.6 is 0 Å². The molecule has 2 aliphatic heterocycles. The number of rotatable bonds is 6. The van der Waals surface area contributed by atoms with Gasteiger partial charge in [0.15, 0.2) is 0 Å². The van der Waals surface area contributed by atoms with E-state index in [-0.39, 0.29) is 0 Å². The standard InChI is InChI=1S/C29H39N3O2S/c1-30-27(29-15-21-12-22(16-29)14-23(13-21)17-29)19-31-10-8-20(9-11-31)18-32-25-6-2-4-24-5-3-7-26(28(24)25)35(32,33)34/h2-7,20-23,27,30H,8-19H2,1H3. The fourth-order valence-corrected chi connectivity index (χ4v) is 11.0. The minimum atomic E-state index is -3.45. The molecule has 4 bridgehead atoms. The largest absolute Gasteiger partial charge is 0.315 e. The van der Waals surface area contributed by atoms with Crippen LogP contribution in [0.25, 0.3) is 10.8 Å².